The first-order valence-electron chi connectivity index (χ1n) is 7.55. The average Bonchev–Trinajstić information content (AvgIpc) is 2.54. The monoisotopic (exact) mass is 343 g/mol. The second kappa shape index (κ2) is 7.27. The van der Waals surface area contributed by atoms with Gasteiger partial charge in [0.1, 0.15) is 0 Å². The predicted molar refractivity (Wildman–Crippen MR) is 85.0 cm³/mol. The number of likely N-dealkylation sites (tertiary alicyclic amines) is 1. The highest BCUT2D eigenvalue weighted by atomic mass is 32.2. The van der Waals surface area contributed by atoms with Crippen LogP contribution in [0.4, 0.5) is 9.18 Å². The second-order valence-electron chi connectivity index (χ2n) is 5.89. The van der Waals surface area contributed by atoms with Crippen LogP contribution in [0.1, 0.15) is 31.4 Å². The van der Waals surface area contributed by atoms with Crippen LogP contribution in [-0.4, -0.2) is 39.1 Å². The first-order chi connectivity index (χ1) is 10.8. The summed E-state index contributed by atoms with van der Waals surface area (Å²) < 4.78 is 35.2. The maximum atomic E-state index is 12.8. The minimum atomic E-state index is -3.73. The van der Waals surface area contributed by atoms with Gasteiger partial charge in [0, 0.05) is 19.0 Å². The highest BCUT2D eigenvalue weighted by Gasteiger charge is 2.24. The van der Waals surface area contributed by atoms with Gasteiger partial charge in [0.2, 0.25) is 10.0 Å². The van der Waals surface area contributed by atoms with E-state index in [1.54, 1.807) is 24.0 Å². The van der Waals surface area contributed by atoms with Crippen molar-refractivity contribution in [3.05, 3.63) is 29.8 Å². The minimum absolute atomic E-state index is 0.0293. The van der Waals surface area contributed by atoms with Crippen molar-refractivity contribution >= 4 is 16.1 Å². The molecule has 0 aliphatic carbocycles. The minimum Gasteiger partial charge on any atom is -0.331 e. The van der Waals surface area contributed by atoms with Crippen LogP contribution in [0, 0.1) is 5.92 Å². The van der Waals surface area contributed by atoms with Crippen LogP contribution >= 0.6 is 0 Å². The number of piperidine rings is 1. The van der Waals surface area contributed by atoms with E-state index in [9.17, 15) is 17.6 Å². The number of sulfonamides is 1. The third kappa shape index (κ3) is 4.65. The summed E-state index contributed by atoms with van der Waals surface area (Å²) in [7, 11) is -3.73. The molecular formula is C15H22FN3O3S. The Hall–Kier alpha value is -1.67. The Bertz CT molecular complexity index is 648. The van der Waals surface area contributed by atoms with Gasteiger partial charge in [-0.3, -0.25) is 4.39 Å². The van der Waals surface area contributed by atoms with E-state index in [0.717, 1.165) is 18.4 Å². The molecule has 1 aromatic rings. The maximum absolute atomic E-state index is 12.8. The van der Waals surface area contributed by atoms with Crippen LogP contribution in [0.3, 0.4) is 0 Å². The van der Waals surface area contributed by atoms with Gasteiger partial charge in [-0.1, -0.05) is 12.1 Å². The van der Waals surface area contributed by atoms with Crippen molar-refractivity contribution in [2.24, 2.45) is 11.1 Å². The third-order valence-corrected chi connectivity index (χ3v) is 5.00. The zero-order valence-electron chi connectivity index (χ0n) is 13.0. The predicted octanol–water partition coefficient (Wildman–Crippen LogP) is 1.79. The van der Waals surface area contributed by atoms with Crippen molar-refractivity contribution < 1.29 is 17.6 Å². The first kappa shape index (κ1) is 17.7. The molecule has 2 rings (SSSR count). The van der Waals surface area contributed by atoms with Gasteiger partial charge in [-0.15, -0.1) is 0 Å². The van der Waals surface area contributed by atoms with Crippen LogP contribution < -0.4 is 10.5 Å². The number of nitrogens with one attached hydrogen (secondary N) is 1. The van der Waals surface area contributed by atoms with Gasteiger partial charge in [-0.25, -0.2) is 18.4 Å². The Morgan fingerprint density at radius 3 is 2.65 bits per heavy atom. The number of benzene rings is 1. The number of nitrogens with two attached hydrogens (primary N) is 1. The lowest BCUT2D eigenvalue weighted by molar-refractivity contribution is 0.152. The lowest BCUT2D eigenvalue weighted by Crippen LogP contribution is -2.46. The topological polar surface area (TPSA) is 92.5 Å². The molecule has 3 N–H and O–H groups in total. The number of primary sulfonamides is 1. The molecule has 1 heterocycles. The van der Waals surface area contributed by atoms with Gasteiger partial charge in [0.25, 0.3) is 0 Å². The molecule has 2 amide bonds. The Labute approximate surface area is 135 Å². The number of alkyl halides is 1. The summed E-state index contributed by atoms with van der Waals surface area (Å²) in [5, 5.41) is 7.91. The first-order valence-corrected chi connectivity index (χ1v) is 9.10. The van der Waals surface area contributed by atoms with Crippen molar-refractivity contribution in [2.45, 2.75) is 30.7 Å². The van der Waals surface area contributed by atoms with E-state index in [4.69, 9.17) is 5.14 Å². The molecule has 1 aliphatic rings. The summed E-state index contributed by atoms with van der Waals surface area (Å²) in [6.07, 6.45) is 1.62. The third-order valence-electron chi connectivity index (χ3n) is 4.07. The molecule has 6 nitrogen and oxygen atoms in total. The Kier molecular flexibility index (Phi) is 5.59. The molecule has 1 fully saturated rings. The number of hydrogen-bond acceptors (Lipinski definition) is 3. The lowest BCUT2D eigenvalue weighted by Gasteiger charge is -2.32. The van der Waals surface area contributed by atoms with E-state index >= 15 is 0 Å². The van der Waals surface area contributed by atoms with Crippen LogP contribution in [0.5, 0.6) is 0 Å². The fourth-order valence-corrected chi connectivity index (χ4v) is 3.20. The van der Waals surface area contributed by atoms with Gasteiger partial charge in [0.15, 0.2) is 0 Å². The Morgan fingerprint density at radius 1 is 1.43 bits per heavy atom. The number of carbonyl (C=O) groups is 1. The van der Waals surface area contributed by atoms with Crippen LogP contribution in [-0.2, 0) is 10.0 Å². The fraction of sp³-hybridized carbons (Fsp3) is 0.533. The van der Waals surface area contributed by atoms with E-state index in [2.05, 4.69) is 5.32 Å². The number of hydrogen-bond donors (Lipinski definition) is 2. The summed E-state index contributed by atoms with van der Waals surface area (Å²) in [6, 6.07) is 5.53. The van der Waals surface area contributed by atoms with Gasteiger partial charge >= 0.3 is 6.03 Å². The van der Waals surface area contributed by atoms with Gasteiger partial charge in [-0.2, -0.15) is 0 Å². The largest absolute Gasteiger partial charge is 0.331 e. The van der Waals surface area contributed by atoms with E-state index < -0.39 is 16.7 Å². The standard InChI is InChI=1S/C15H22FN3O3S/c1-11(13-4-6-14(7-5-13)23(17,21)22)18-15(20)19-8-2-3-12(9-16)10-19/h4-7,11-12H,2-3,8-10H2,1H3,(H,18,20)(H2,17,21,22)/t11-,12?/m0/s1. The molecule has 1 saturated heterocycles. The van der Waals surface area contributed by atoms with E-state index in [1.165, 1.54) is 12.1 Å². The summed E-state index contributed by atoms with van der Waals surface area (Å²) in [4.78, 5) is 13.9. The molecule has 1 aliphatic heterocycles. The zero-order valence-corrected chi connectivity index (χ0v) is 13.9. The molecule has 0 aromatic heterocycles. The van der Waals surface area contributed by atoms with Crippen molar-refractivity contribution in [1.29, 1.82) is 0 Å². The number of rotatable bonds is 4. The summed E-state index contributed by atoms with van der Waals surface area (Å²) >= 11 is 0. The zero-order chi connectivity index (χ0) is 17.0. The number of nitrogens with zero attached hydrogens (tertiary/aromatic N) is 1. The molecule has 0 spiro atoms. The summed E-state index contributed by atoms with van der Waals surface area (Å²) in [5.41, 5.74) is 0.768. The van der Waals surface area contributed by atoms with Gasteiger partial charge in [0.05, 0.1) is 17.6 Å². The number of carbonyl (C=O) groups excluding carboxylic acids is 1. The molecule has 0 radical (unpaired) electrons. The molecule has 8 heteroatoms. The molecule has 128 valence electrons. The quantitative estimate of drug-likeness (QED) is 0.873. The highest BCUT2D eigenvalue weighted by molar-refractivity contribution is 7.89. The molecular weight excluding hydrogens is 321 g/mol. The maximum Gasteiger partial charge on any atom is 0.317 e. The molecule has 1 aromatic carbocycles. The summed E-state index contributed by atoms with van der Waals surface area (Å²) in [5.74, 6) is -0.0844. The van der Waals surface area contributed by atoms with Crippen LogP contribution in [0.15, 0.2) is 29.2 Å². The Balaban J connectivity index is 1.98. The number of amides is 2. The van der Waals surface area contributed by atoms with Crippen molar-refractivity contribution in [2.75, 3.05) is 19.8 Å². The van der Waals surface area contributed by atoms with Crippen LogP contribution in [0.2, 0.25) is 0 Å². The van der Waals surface area contributed by atoms with E-state index in [1.807, 2.05) is 0 Å². The second-order valence-corrected chi connectivity index (χ2v) is 7.46. The van der Waals surface area contributed by atoms with Crippen molar-refractivity contribution in [1.82, 2.24) is 10.2 Å². The van der Waals surface area contributed by atoms with Gasteiger partial charge < -0.3 is 10.2 Å². The number of halogens is 1. The summed E-state index contributed by atoms with van der Waals surface area (Å²) in [6.45, 7) is 2.45. The Morgan fingerprint density at radius 2 is 2.09 bits per heavy atom. The van der Waals surface area contributed by atoms with E-state index in [-0.39, 0.29) is 22.9 Å². The fourth-order valence-electron chi connectivity index (χ4n) is 2.68. The molecule has 2 atom stereocenters. The normalized spacial score (nSPS) is 20.1. The van der Waals surface area contributed by atoms with Crippen molar-refractivity contribution in [3.8, 4) is 0 Å². The lowest BCUT2D eigenvalue weighted by atomic mass is 10.00. The van der Waals surface area contributed by atoms with Crippen molar-refractivity contribution in [3.63, 3.8) is 0 Å². The average molecular weight is 343 g/mol. The molecule has 0 bridgehead atoms. The van der Waals surface area contributed by atoms with E-state index in [0.29, 0.717) is 13.1 Å². The van der Waals surface area contributed by atoms with Crippen LogP contribution in [0.25, 0.3) is 0 Å². The highest BCUT2D eigenvalue weighted by Crippen LogP contribution is 2.19. The number of urea groups is 1. The SMILES string of the molecule is C[C@H](NC(=O)N1CCCC(CF)C1)c1ccc(S(N)(=O)=O)cc1. The molecule has 1 unspecified atom stereocenters. The smallest absolute Gasteiger partial charge is 0.317 e. The van der Waals surface area contributed by atoms with Gasteiger partial charge in [-0.05, 0) is 37.5 Å². The molecule has 23 heavy (non-hydrogen) atoms. The molecule has 0 saturated carbocycles.